The second-order valence-electron chi connectivity index (χ2n) is 4.22. The molecule has 0 aliphatic carbocycles. The minimum atomic E-state index is -3.92. The number of rotatable bonds is 4. The van der Waals surface area contributed by atoms with Gasteiger partial charge in [0.2, 0.25) is 15.9 Å². The van der Waals surface area contributed by atoms with Crippen molar-refractivity contribution in [3.63, 3.8) is 0 Å². The van der Waals surface area contributed by atoms with Gasteiger partial charge in [0.05, 0.1) is 0 Å². The predicted octanol–water partition coefficient (Wildman–Crippen LogP) is 0.370. The molecule has 6 heteroatoms. The monoisotopic (exact) mass is 256 g/mol. The number of nitrogens with one attached hydrogen (secondary N) is 1. The zero-order chi connectivity index (χ0) is 13.1. The Morgan fingerprint density at radius 2 is 1.82 bits per heavy atom. The fourth-order valence-electron chi connectivity index (χ4n) is 1.12. The molecular weight excluding hydrogens is 240 g/mol. The molecule has 0 radical (unpaired) electrons. The summed E-state index contributed by atoms with van der Waals surface area (Å²) in [6.07, 6.45) is 0. The highest BCUT2D eigenvalue weighted by molar-refractivity contribution is 7.91. The molecule has 0 aromatic heterocycles. The lowest BCUT2D eigenvalue weighted by atomic mass is 10.1. The van der Waals surface area contributed by atoms with Gasteiger partial charge in [0.25, 0.3) is 0 Å². The highest BCUT2D eigenvalue weighted by atomic mass is 32.2. The van der Waals surface area contributed by atoms with Gasteiger partial charge in [-0.2, -0.15) is 0 Å². The Hall–Kier alpha value is -1.40. The summed E-state index contributed by atoms with van der Waals surface area (Å²) in [7, 11) is -3.92. The normalized spacial score (nSPS) is 12.2. The summed E-state index contributed by atoms with van der Waals surface area (Å²) in [5, 5.41) is 7.54. The molecule has 94 valence electrons. The van der Waals surface area contributed by atoms with Crippen molar-refractivity contribution < 1.29 is 13.2 Å². The third kappa shape index (κ3) is 3.28. The first-order chi connectivity index (χ1) is 7.75. The summed E-state index contributed by atoms with van der Waals surface area (Å²) >= 11 is 0. The molecule has 0 aliphatic heterocycles. The molecule has 0 bridgehead atoms. The Kier molecular flexibility index (Phi) is 3.90. The molecule has 1 aromatic rings. The molecule has 17 heavy (non-hydrogen) atoms. The van der Waals surface area contributed by atoms with Crippen LogP contribution in [-0.2, 0) is 21.4 Å². The second-order valence-corrected chi connectivity index (χ2v) is 6.33. The van der Waals surface area contributed by atoms with Crippen LogP contribution in [0.3, 0.4) is 0 Å². The Balaban J connectivity index is 2.69. The van der Waals surface area contributed by atoms with E-state index in [0.717, 1.165) is 5.56 Å². The lowest BCUT2D eigenvalue weighted by Gasteiger charge is -2.20. The molecule has 0 heterocycles. The van der Waals surface area contributed by atoms with E-state index in [0.29, 0.717) is 0 Å². The molecule has 3 N–H and O–H groups in total. The van der Waals surface area contributed by atoms with Crippen LogP contribution in [0.5, 0.6) is 0 Å². The summed E-state index contributed by atoms with van der Waals surface area (Å²) in [5.74, 6) is -0.608. The van der Waals surface area contributed by atoms with Gasteiger partial charge in [-0.25, -0.2) is 13.6 Å². The Morgan fingerprint density at radius 1 is 1.29 bits per heavy atom. The van der Waals surface area contributed by atoms with Crippen LogP contribution in [0.15, 0.2) is 30.3 Å². The minimum Gasteiger partial charge on any atom is -0.351 e. The Labute approximate surface area is 101 Å². The van der Waals surface area contributed by atoms with Crippen molar-refractivity contribution in [2.45, 2.75) is 25.1 Å². The molecule has 1 aromatic carbocycles. The van der Waals surface area contributed by atoms with Crippen molar-refractivity contribution in [1.29, 1.82) is 0 Å². The van der Waals surface area contributed by atoms with Gasteiger partial charge in [-0.3, -0.25) is 4.79 Å². The van der Waals surface area contributed by atoms with Crippen molar-refractivity contribution in [2.24, 2.45) is 5.14 Å². The molecule has 1 amide bonds. The third-order valence-electron chi connectivity index (χ3n) is 2.55. The van der Waals surface area contributed by atoms with Crippen LogP contribution < -0.4 is 10.5 Å². The molecule has 0 unspecified atom stereocenters. The van der Waals surface area contributed by atoms with Gasteiger partial charge < -0.3 is 5.32 Å². The molecule has 5 nitrogen and oxygen atoms in total. The molecule has 0 fully saturated rings. The SMILES string of the molecule is CC(C)(C(=O)NCc1ccccc1)S(N)(=O)=O. The maximum Gasteiger partial charge on any atom is 0.242 e. The molecule has 0 saturated carbocycles. The van der Waals surface area contributed by atoms with Gasteiger partial charge in [-0.15, -0.1) is 0 Å². The topological polar surface area (TPSA) is 89.3 Å². The average Bonchev–Trinajstić information content (AvgIpc) is 2.25. The Morgan fingerprint density at radius 3 is 2.29 bits per heavy atom. The first kappa shape index (κ1) is 13.7. The van der Waals surface area contributed by atoms with Crippen LogP contribution in [0.4, 0.5) is 0 Å². The quantitative estimate of drug-likeness (QED) is 0.815. The van der Waals surface area contributed by atoms with Crippen LogP contribution in [-0.4, -0.2) is 19.1 Å². The van der Waals surface area contributed by atoms with E-state index in [1.807, 2.05) is 30.3 Å². The van der Waals surface area contributed by atoms with E-state index in [4.69, 9.17) is 5.14 Å². The van der Waals surface area contributed by atoms with Crippen LogP contribution in [0.1, 0.15) is 19.4 Å². The van der Waals surface area contributed by atoms with Crippen molar-refractivity contribution in [3.05, 3.63) is 35.9 Å². The number of benzene rings is 1. The van der Waals surface area contributed by atoms with E-state index in [1.165, 1.54) is 13.8 Å². The lowest BCUT2D eigenvalue weighted by Crippen LogP contribution is -2.50. The average molecular weight is 256 g/mol. The van der Waals surface area contributed by atoms with Crippen LogP contribution in [0.25, 0.3) is 0 Å². The first-order valence-corrected chi connectivity index (χ1v) is 6.64. The summed E-state index contributed by atoms with van der Waals surface area (Å²) in [6, 6.07) is 9.21. The maximum absolute atomic E-state index is 11.7. The van der Waals surface area contributed by atoms with Gasteiger partial charge in [-0.1, -0.05) is 30.3 Å². The predicted molar refractivity (Wildman–Crippen MR) is 65.5 cm³/mol. The van der Waals surface area contributed by atoms with Crippen LogP contribution in [0.2, 0.25) is 0 Å². The highest BCUT2D eigenvalue weighted by Gasteiger charge is 2.39. The van der Waals surface area contributed by atoms with E-state index in [9.17, 15) is 13.2 Å². The highest BCUT2D eigenvalue weighted by Crippen LogP contribution is 2.13. The second kappa shape index (κ2) is 4.85. The molecule has 0 spiro atoms. The number of amides is 1. The van der Waals surface area contributed by atoms with E-state index >= 15 is 0 Å². The minimum absolute atomic E-state index is 0.276. The van der Waals surface area contributed by atoms with E-state index in [-0.39, 0.29) is 6.54 Å². The molecule has 1 rings (SSSR count). The van der Waals surface area contributed by atoms with E-state index in [2.05, 4.69) is 5.32 Å². The number of carbonyl (C=O) groups excluding carboxylic acids is 1. The van der Waals surface area contributed by atoms with Gasteiger partial charge in [0.15, 0.2) is 4.75 Å². The third-order valence-corrected chi connectivity index (χ3v) is 4.16. The van der Waals surface area contributed by atoms with Crippen LogP contribution >= 0.6 is 0 Å². The zero-order valence-electron chi connectivity index (χ0n) is 9.80. The smallest absolute Gasteiger partial charge is 0.242 e. The van der Waals surface area contributed by atoms with Crippen molar-refractivity contribution in [2.75, 3.05) is 0 Å². The lowest BCUT2D eigenvalue weighted by molar-refractivity contribution is -0.123. The largest absolute Gasteiger partial charge is 0.351 e. The van der Waals surface area contributed by atoms with Crippen molar-refractivity contribution in [3.8, 4) is 0 Å². The number of hydrogen-bond acceptors (Lipinski definition) is 3. The van der Waals surface area contributed by atoms with Gasteiger partial charge >= 0.3 is 0 Å². The number of carbonyl (C=O) groups is 1. The Bertz CT molecular complexity index is 495. The summed E-state index contributed by atoms with van der Waals surface area (Å²) < 4.78 is 20.8. The maximum atomic E-state index is 11.7. The number of hydrogen-bond donors (Lipinski definition) is 2. The van der Waals surface area contributed by atoms with Crippen molar-refractivity contribution >= 4 is 15.9 Å². The standard InChI is InChI=1S/C11H16N2O3S/c1-11(2,17(12,15)16)10(14)13-8-9-6-4-3-5-7-9/h3-7H,8H2,1-2H3,(H,13,14)(H2,12,15,16). The first-order valence-electron chi connectivity index (χ1n) is 5.10. The zero-order valence-corrected chi connectivity index (χ0v) is 10.6. The molecule has 0 atom stereocenters. The van der Waals surface area contributed by atoms with E-state index < -0.39 is 20.7 Å². The fraction of sp³-hybridized carbons (Fsp3) is 0.364. The summed E-state index contributed by atoms with van der Waals surface area (Å²) in [6.45, 7) is 2.84. The molecule has 0 saturated heterocycles. The summed E-state index contributed by atoms with van der Waals surface area (Å²) in [4.78, 5) is 11.7. The summed E-state index contributed by atoms with van der Waals surface area (Å²) in [5.41, 5.74) is 0.895. The fourth-order valence-corrected chi connectivity index (χ4v) is 1.45. The number of primary sulfonamides is 1. The molecule has 0 aliphatic rings. The molecular formula is C11H16N2O3S. The van der Waals surface area contributed by atoms with Gasteiger partial charge in [0.1, 0.15) is 0 Å². The van der Waals surface area contributed by atoms with E-state index in [1.54, 1.807) is 0 Å². The van der Waals surface area contributed by atoms with Crippen molar-refractivity contribution in [1.82, 2.24) is 5.32 Å². The van der Waals surface area contributed by atoms with Crippen LogP contribution in [0, 0.1) is 0 Å². The number of nitrogens with two attached hydrogens (primary N) is 1. The van der Waals surface area contributed by atoms with Gasteiger partial charge in [0, 0.05) is 6.54 Å². The number of sulfonamides is 1. The van der Waals surface area contributed by atoms with Gasteiger partial charge in [-0.05, 0) is 19.4 Å².